The Hall–Kier alpha value is -2.87. The largest absolute Gasteiger partial charge is 0.465 e. The molecule has 1 heterocycles. The van der Waals surface area contributed by atoms with Crippen molar-refractivity contribution in [2.45, 2.75) is 0 Å². The second-order valence-electron chi connectivity index (χ2n) is 3.65. The van der Waals surface area contributed by atoms with Gasteiger partial charge in [-0.2, -0.15) is 5.26 Å². The van der Waals surface area contributed by atoms with Crippen molar-refractivity contribution in [3.05, 3.63) is 59.8 Å². The van der Waals surface area contributed by atoms with Crippen molar-refractivity contribution >= 4 is 17.7 Å². The van der Waals surface area contributed by atoms with Crippen LogP contribution in [0.2, 0.25) is 0 Å². The summed E-state index contributed by atoms with van der Waals surface area (Å²) in [5.41, 5.74) is 0.311. The topological polar surface area (TPSA) is 66.0 Å². The number of amides is 1. The van der Waals surface area contributed by atoms with Gasteiger partial charge < -0.3 is 9.73 Å². The van der Waals surface area contributed by atoms with Gasteiger partial charge in [-0.05, 0) is 36.4 Å². The van der Waals surface area contributed by atoms with Crippen LogP contribution in [0.4, 0.5) is 10.1 Å². The first-order chi connectivity index (χ1) is 9.19. The van der Waals surface area contributed by atoms with Crippen molar-refractivity contribution in [1.82, 2.24) is 0 Å². The van der Waals surface area contributed by atoms with Gasteiger partial charge in [0.25, 0.3) is 5.91 Å². The monoisotopic (exact) mass is 256 g/mol. The molecule has 0 unspecified atom stereocenters. The Balaban J connectivity index is 2.14. The van der Waals surface area contributed by atoms with Crippen LogP contribution in [0.1, 0.15) is 5.76 Å². The summed E-state index contributed by atoms with van der Waals surface area (Å²) in [4.78, 5) is 11.8. The summed E-state index contributed by atoms with van der Waals surface area (Å²) in [6.07, 6.45) is 2.78. The van der Waals surface area contributed by atoms with E-state index >= 15 is 0 Å². The molecule has 0 spiro atoms. The fourth-order valence-electron chi connectivity index (χ4n) is 1.40. The quantitative estimate of drug-likeness (QED) is 0.678. The van der Waals surface area contributed by atoms with Gasteiger partial charge in [-0.25, -0.2) is 4.39 Å². The standard InChI is InChI=1S/C14H9FN2O2/c15-11-3-5-12(6-4-11)17-14(18)10(9-16)8-13-2-1-7-19-13/h1-8H,(H,17,18)/b10-8+. The summed E-state index contributed by atoms with van der Waals surface area (Å²) in [6.45, 7) is 0. The number of nitrogens with zero attached hydrogens (tertiary/aromatic N) is 1. The minimum absolute atomic E-state index is 0.0979. The third-order valence-electron chi connectivity index (χ3n) is 2.30. The van der Waals surface area contributed by atoms with Crippen LogP contribution in [0.25, 0.3) is 6.08 Å². The fourth-order valence-corrected chi connectivity index (χ4v) is 1.40. The van der Waals surface area contributed by atoms with Gasteiger partial charge in [0.15, 0.2) is 0 Å². The van der Waals surface area contributed by atoms with Crippen LogP contribution in [-0.4, -0.2) is 5.91 Å². The Labute approximate surface area is 108 Å². The van der Waals surface area contributed by atoms with Crippen LogP contribution in [0.15, 0.2) is 52.7 Å². The molecular formula is C14H9FN2O2. The van der Waals surface area contributed by atoms with Crippen LogP contribution >= 0.6 is 0 Å². The molecule has 0 aliphatic carbocycles. The van der Waals surface area contributed by atoms with Crippen molar-refractivity contribution < 1.29 is 13.6 Å². The summed E-state index contributed by atoms with van der Waals surface area (Å²) in [7, 11) is 0. The van der Waals surface area contributed by atoms with Crippen LogP contribution < -0.4 is 5.32 Å². The number of nitriles is 1. The summed E-state index contributed by atoms with van der Waals surface area (Å²) in [5.74, 6) is -0.569. The Morgan fingerprint density at radius 1 is 1.32 bits per heavy atom. The van der Waals surface area contributed by atoms with Crippen LogP contribution in [0.3, 0.4) is 0 Å². The lowest BCUT2D eigenvalue weighted by molar-refractivity contribution is -0.112. The normalized spacial score (nSPS) is 10.8. The Kier molecular flexibility index (Phi) is 3.74. The molecule has 0 atom stereocenters. The smallest absolute Gasteiger partial charge is 0.266 e. The molecule has 0 fully saturated rings. The van der Waals surface area contributed by atoms with Crippen molar-refractivity contribution in [3.63, 3.8) is 0 Å². The van der Waals surface area contributed by atoms with Crippen molar-refractivity contribution in [1.29, 1.82) is 5.26 Å². The molecule has 0 aliphatic heterocycles. The highest BCUT2D eigenvalue weighted by Gasteiger charge is 2.10. The van der Waals surface area contributed by atoms with E-state index in [0.717, 1.165) is 0 Å². The maximum Gasteiger partial charge on any atom is 0.266 e. The summed E-state index contributed by atoms with van der Waals surface area (Å²) in [5, 5.41) is 11.4. The highest BCUT2D eigenvalue weighted by molar-refractivity contribution is 6.09. The number of anilines is 1. The number of benzene rings is 1. The summed E-state index contributed by atoms with van der Waals surface area (Å²) in [6, 6.07) is 10.3. The zero-order valence-electron chi connectivity index (χ0n) is 9.76. The molecular weight excluding hydrogens is 247 g/mol. The van der Waals surface area contributed by atoms with E-state index in [9.17, 15) is 9.18 Å². The van der Waals surface area contributed by atoms with Gasteiger partial charge >= 0.3 is 0 Å². The van der Waals surface area contributed by atoms with Crippen LogP contribution in [0.5, 0.6) is 0 Å². The number of hydrogen-bond donors (Lipinski definition) is 1. The molecule has 1 amide bonds. The molecule has 2 aromatic rings. The predicted molar refractivity (Wildman–Crippen MR) is 67.3 cm³/mol. The number of halogens is 1. The highest BCUT2D eigenvalue weighted by atomic mass is 19.1. The fraction of sp³-hybridized carbons (Fsp3) is 0. The van der Waals surface area contributed by atoms with Gasteiger partial charge in [0, 0.05) is 11.8 Å². The number of nitrogens with one attached hydrogen (secondary N) is 1. The van der Waals surface area contributed by atoms with Crippen molar-refractivity contribution in [2.75, 3.05) is 5.32 Å². The zero-order valence-corrected chi connectivity index (χ0v) is 9.76. The molecule has 94 valence electrons. The van der Waals surface area contributed by atoms with E-state index in [4.69, 9.17) is 9.68 Å². The van der Waals surface area contributed by atoms with Gasteiger partial charge in [-0.15, -0.1) is 0 Å². The first-order valence-corrected chi connectivity index (χ1v) is 5.41. The summed E-state index contributed by atoms with van der Waals surface area (Å²) < 4.78 is 17.7. The molecule has 1 N–H and O–H groups in total. The van der Waals surface area contributed by atoms with E-state index < -0.39 is 11.7 Å². The van der Waals surface area contributed by atoms with E-state index in [2.05, 4.69) is 5.32 Å². The average molecular weight is 256 g/mol. The number of carbonyl (C=O) groups is 1. The number of rotatable bonds is 3. The Bertz CT molecular complexity index is 637. The Morgan fingerprint density at radius 2 is 2.05 bits per heavy atom. The third-order valence-corrected chi connectivity index (χ3v) is 2.30. The van der Waals surface area contributed by atoms with E-state index in [-0.39, 0.29) is 5.57 Å². The molecule has 1 aromatic heterocycles. The number of carbonyl (C=O) groups excluding carboxylic acids is 1. The second-order valence-corrected chi connectivity index (χ2v) is 3.65. The molecule has 0 radical (unpaired) electrons. The molecule has 0 saturated heterocycles. The van der Waals surface area contributed by atoms with Gasteiger partial charge in [0.2, 0.25) is 0 Å². The van der Waals surface area contributed by atoms with Crippen molar-refractivity contribution in [2.24, 2.45) is 0 Å². The third kappa shape index (κ3) is 3.30. The van der Waals surface area contributed by atoms with E-state index in [1.54, 1.807) is 18.2 Å². The summed E-state index contributed by atoms with van der Waals surface area (Å²) >= 11 is 0. The SMILES string of the molecule is N#C/C(=C\c1ccco1)C(=O)Nc1ccc(F)cc1. The van der Waals surface area contributed by atoms with E-state index in [1.165, 1.54) is 36.6 Å². The molecule has 19 heavy (non-hydrogen) atoms. The second kappa shape index (κ2) is 5.65. The molecule has 5 heteroatoms. The average Bonchev–Trinajstić information content (AvgIpc) is 2.91. The van der Waals surface area contributed by atoms with Gasteiger partial charge in [0.05, 0.1) is 6.26 Å². The van der Waals surface area contributed by atoms with Gasteiger partial charge in [-0.1, -0.05) is 0 Å². The molecule has 4 nitrogen and oxygen atoms in total. The van der Waals surface area contributed by atoms with E-state index in [1.807, 2.05) is 0 Å². The highest BCUT2D eigenvalue weighted by Crippen LogP contribution is 2.12. The molecule has 0 aliphatic rings. The van der Waals surface area contributed by atoms with Crippen LogP contribution in [0, 0.1) is 17.1 Å². The lowest BCUT2D eigenvalue weighted by atomic mass is 10.2. The first kappa shape index (κ1) is 12.6. The number of hydrogen-bond acceptors (Lipinski definition) is 3. The maximum atomic E-state index is 12.7. The lowest BCUT2D eigenvalue weighted by Gasteiger charge is -2.03. The van der Waals surface area contributed by atoms with Gasteiger partial charge in [-0.3, -0.25) is 4.79 Å². The van der Waals surface area contributed by atoms with Gasteiger partial charge in [0.1, 0.15) is 23.2 Å². The predicted octanol–water partition coefficient (Wildman–Crippen LogP) is 2.96. The molecule has 1 aromatic carbocycles. The zero-order chi connectivity index (χ0) is 13.7. The molecule has 0 saturated carbocycles. The van der Waals surface area contributed by atoms with E-state index in [0.29, 0.717) is 11.4 Å². The van der Waals surface area contributed by atoms with Crippen LogP contribution in [-0.2, 0) is 4.79 Å². The molecule has 0 bridgehead atoms. The lowest BCUT2D eigenvalue weighted by Crippen LogP contribution is -2.13. The Morgan fingerprint density at radius 3 is 2.63 bits per heavy atom. The first-order valence-electron chi connectivity index (χ1n) is 5.41. The minimum atomic E-state index is -0.578. The van der Waals surface area contributed by atoms with Crippen molar-refractivity contribution in [3.8, 4) is 6.07 Å². The molecule has 2 rings (SSSR count). The maximum absolute atomic E-state index is 12.7. The minimum Gasteiger partial charge on any atom is -0.465 e. The number of furan rings is 1.